The molecule has 0 saturated carbocycles. The molecule has 4 heteroatoms. The number of thioether (sulfide) groups is 2. The summed E-state index contributed by atoms with van der Waals surface area (Å²) in [7, 11) is 1.68. The van der Waals surface area contributed by atoms with Crippen molar-refractivity contribution in [3.05, 3.63) is 35.2 Å². The van der Waals surface area contributed by atoms with Gasteiger partial charge in [-0.1, -0.05) is 0 Å². The molecule has 1 aromatic rings. The maximum atomic E-state index is 5.13. The van der Waals surface area contributed by atoms with E-state index in [0.717, 1.165) is 22.8 Å². The number of benzene rings is 1. The van der Waals surface area contributed by atoms with Crippen LogP contribution in [0.25, 0.3) is 5.70 Å². The zero-order valence-corrected chi connectivity index (χ0v) is 10.9. The van der Waals surface area contributed by atoms with E-state index in [-0.39, 0.29) is 0 Å². The van der Waals surface area contributed by atoms with Crippen molar-refractivity contribution in [2.75, 3.05) is 19.1 Å². The van der Waals surface area contributed by atoms with Crippen LogP contribution in [0.1, 0.15) is 5.56 Å². The topological polar surface area (TPSA) is 21.6 Å². The minimum absolute atomic E-state index is 0.877. The van der Waals surface area contributed by atoms with E-state index in [1.165, 1.54) is 5.04 Å². The lowest BCUT2D eigenvalue weighted by Gasteiger charge is -2.11. The fraction of sp³-hybridized carbons (Fsp3) is 0.250. The van der Waals surface area contributed by atoms with Crippen LogP contribution in [0.5, 0.6) is 5.75 Å². The Balaban J connectivity index is 2.24. The quantitative estimate of drug-likeness (QED) is 0.803. The van der Waals surface area contributed by atoms with E-state index >= 15 is 0 Å². The first-order valence-electron chi connectivity index (χ1n) is 4.91. The molecule has 1 aliphatic heterocycles. The molecular weight excluding hydrogens is 238 g/mol. The first-order valence-corrected chi connectivity index (χ1v) is 7.18. The van der Waals surface area contributed by atoms with Gasteiger partial charge in [-0.3, -0.25) is 0 Å². The van der Waals surface area contributed by atoms with Crippen LogP contribution in [0, 0.1) is 0 Å². The van der Waals surface area contributed by atoms with E-state index < -0.39 is 0 Å². The molecule has 0 saturated heterocycles. The highest BCUT2D eigenvalue weighted by molar-refractivity contribution is 8.16. The molecule has 1 heterocycles. The molecule has 0 spiro atoms. The number of nitrogens with zero attached hydrogens (tertiary/aromatic N) is 1. The van der Waals surface area contributed by atoms with Crippen molar-refractivity contribution in [2.45, 2.75) is 0 Å². The van der Waals surface area contributed by atoms with E-state index in [2.05, 4.69) is 16.7 Å². The summed E-state index contributed by atoms with van der Waals surface area (Å²) < 4.78 is 5.13. The minimum Gasteiger partial charge on any atom is -0.497 e. The predicted octanol–water partition coefficient (Wildman–Crippen LogP) is 3.50. The zero-order chi connectivity index (χ0) is 11.4. The molecule has 0 bridgehead atoms. The van der Waals surface area contributed by atoms with Crippen LogP contribution in [0.2, 0.25) is 0 Å². The first-order chi connectivity index (χ1) is 7.83. The maximum absolute atomic E-state index is 5.13. The highest BCUT2D eigenvalue weighted by atomic mass is 32.2. The second kappa shape index (κ2) is 5.46. The summed E-state index contributed by atoms with van der Waals surface area (Å²) in [4.78, 5) is 4.61. The van der Waals surface area contributed by atoms with Gasteiger partial charge in [0.1, 0.15) is 5.75 Å². The van der Waals surface area contributed by atoms with Crippen molar-refractivity contribution in [3.63, 3.8) is 0 Å². The molecule has 0 fully saturated rings. The van der Waals surface area contributed by atoms with Crippen molar-refractivity contribution in [1.29, 1.82) is 0 Å². The van der Waals surface area contributed by atoms with Gasteiger partial charge < -0.3 is 4.74 Å². The molecule has 16 heavy (non-hydrogen) atoms. The number of hydrogen-bond donors (Lipinski definition) is 0. The van der Waals surface area contributed by atoms with E-state index in [0.29, 0.717) is 0 Å². The Kier molecular flexibility index (Phi) is 3.96. The summed E-state index contributed by atoms with van der Waals surface area (Å²) in [6.45, 7) is 0. The number of hydrogen-bond acceptors (Lipinski definition) is 4. The molecule has 2 nitrogen and oxygen atoms in total. The van der Waals surface area contributed by atoms with Crippen LogP contribution in [0.15, 0.2) is 34.7 Å². The normalized spacial score (nSPS) is 15.4. The number of aliphatic imine (C=N–C) groups is 1. The van der Waals surface area contributed by atoms with Gasteiger partial charge in [0.05, 0.1) is 17.9 Å². The lowest BCUT2D eigenvalue weighted by Crippen LogP contribution is -1.99. The molecule has 0 aliphatic carbocycles. The van der Waals surface area contributed by atoms with Crippen LogP contribution in [0.3, 0.4) is 0 Å². The summed E-state index contributed by atoms with van der Waals surface area (Å²) in [5.74, 6) is 1.86. The third kappa shape index (κ3) is 2.62. The van der Waals surface area contributed by atoms with Crippen molar-refractivity contribution >= 4 is 34.3 Å². The second-order valence-corrected chi connectivity index (χ2v) is 4.99. The van der Waals surface area contributed by atoms with E-state index in [9.17, 15) is 0 Å². The maximum Gasteiger partial charge on any atom is 0.118 e. The Bertz CT molecular complexity index is 423. The second-order valence-electron chi connectivity index (χ2n) is 3.25. The van der Waals surface area contributed by atoms with Gasteiger partial charge in [0, 0.05) is 11.3 Å². The molecular formula is C12H13NOS2. The Hall–Kier alpha value is -0.870. The monoisotopic (exact) mass is 251 g/mol. The number of rotatable bonds is 2. The molecule has 84 valence electrons. The third-order valence-corrected chi connectivity index (χ3v) is 3.99. The fourth-order valence-electron chi connectivity index (χ4n) is 1.38. The van der Waals surface area contributed by atoms with Crippen molar-refractivity contribution in [3.8, 4) is 5.75 Å². The van der Waals surface area contributed by atoms with Gasteiger partial charge in [0.2, 0.25) is 0 Å². The molecule has 0 N–H and O–H groups in total. The molecule has 0 radical (unpaired) electrons. The zero-order valence-electron chi connectivity index (χ0n) is 9.27. The molecule has 0 aromatic heterocycles. The molecule has 0 amide bonds. The Morgan fingerprint density at radius 2 is 2.06 bits per heavy atom. The minimum atomic E-state index is 0.877. The summed E-state index contributed by atoms with van der Waals surface area (Å²) in [6, 6.07) is 8.00. The highest BCUT2D eigenvalue weighted by Crippen LogP contribution is 2.28. The van der Waals surface area contributed by atoms with Gasteiger partial charge in [-0.15, -0.1) is 23.5 Å². The van der Waals surface area contributed by atoms with Gasteiger partial charge in [-0.25, -0.2) is 4.99 Å². The lowest BCUT2D eigenvalue weighted by atomic mass is 10.2. The number of ether oxygens (including phenoxy) is 1. The van der Waals surface area contributed by atoms with Crippen LogP contribution in [0.4, 0.5) is 0 Å². The SMILES string of the molecule is COc1ccc(C2=CSCC(SC)=N2)cc1. The summed E-state index contributed by atoms with van der Waals surface area (Å²) in [6.07, 6.45) is 2.07. The molecule has 1 aliphatic rings. The van der Waals surface area contributed by atoms with Crippen molar-refractivity contribution in [2.24, 2.45) is 4.99 Å². The van der Waals surface area contributed by atoms with Crippen LogP contribution < -0.4 is 4.74 Å². The molecule has 0 atom stereocenters. The predicted molar refractivity (Wildman–Crippen MR) is 74.4 cm³/mol. The van der Waals surface area contributed by atoms with Crippen LogP contribution >= 0.6 is 23.5 Å². The Labute approximate surface area is 104 Å². The summed E-state index contributed by atoms with van der Waals surface area (Å²) >= 11 is 3.51. The standard InChI is InChI=1S/C12H13NOS2/c1-14-10-5-3-9(4-6-10)11-7-16-8-12(13-11)15-2/h3-7H,8H2,1-2H3. The van der Waals surface area contributed by atoms with E-state index in [1.807, 2.05) is 24.3 Å². The number of methoxy groups -OCH3 is 1. The largest absolute Gasteiger partial charge is 0.497 e. The van der Waals surface area contributed by atoms with Crippen LogP contribution in [-0.4, -0.2) is 24.2 Å². The summed E-state index contributed by atoms with van der Waals surface area (Å²) in [5, 5.41) is 3.29. The van der Waals surface area contributed by atoms with Gasteiger partial charge in [0.25, 0.3) is 0 Å². The van der Waals surface area contributed by atoms with Crippen molar-refractivity contribution in [1.82, 2.24) is 0 Å². The molecule has 1 aromatic carbocycles. The van der Waals surface area contributed by atoms with Crippen molar-refractivity contribution < 1.29 is 4.74 Å². The average Bonchev–Trinajstić information content (AvgIpc) is 2.39. The van der Waals surface area contributed by atoms with Gasteiger partial charge in [0.15, 0.2) is 0 Å². The van der Waals surface area contributed by atoms with Crippen LogP contribution in [-0.2, 0) is 0 Å². The smallest absolute Gasteiger partial charge is 0.118 e. The fourth-order valence-corrected chi connectivity index (χ4v) is 2.89. The molecule has 2 rings (SSSR count). The molecule has 0 unspecified atom stereocenters. The Morgan fingerprint density at radius 1 is 1.31 bits per heavy atom. The van der Waals surface area contributed by atoms with Gasteiger partial charge in [-0.05, 0) is 35.9 Å². The van der Waals surface area contributed by atoms with E-state index in [1.54, 1.807) is 30.6 Å². The van der Waals surface area contributed by atoms with Gasteiger partial charge >= 0.3 is 0 Å². The van der Waals surface area contributed by atoms with E-state index in [4.69, 9.17) is 4.74 Å². The average molecular weight is 251 g/mol. The third-order valence-electron chi connectivity index (χ3n) is 2.27. The summed E-state index contributed by atoms with van der Waals surface area (Å²) in [5.41, 5.74) is 2.18. The van der Waals surface area contributed by atoms with Gasteiger partial charge in [-0.2, -0.15) is 0 Å². The highest BCUT2D eigenvalue weighted by Gasteiger charge is 2.08. The first kappa shape index (κ1) is 11.6. The lowest BCUT2D eigenvalue weighted by molar-refractivity contribution is 0.415. The Morgan fingerprint density at radius 3 is 2.69 bits per heavy atom.